The smallest absolute Gasteiger partial charge is 0.227 e. The molecule has 1 amide bonds. The molecule has 98 valence electrons. The molecule has 1 aliphatic rings. The van der Waals surface area contributed by atoms with Crippen LogP contribution in [0, 0.1) is 5.82 Å². The van der Waals surface area contributed by atoms with E-state index in [1.54, 1.807) is 11.0 Å². The molecule has 5 heteroatoms. The first-order valence-electron chi connectivity index (χ1n) is 6.01. The number of halogens is 2. The van der Waals surface area contributed by atoms with Crippen molar-refractivity contribution in [1.82, 2.24) is 10.2 Å². The monoisotopic (exact) mass is 270 g/mol. The highest BCUT2D eigenvalue weighted by atomic mass is 35.5. The molecule has 0 radical (unpaired) electrons. The molecule has 1 aromatic rings. The maximum atomic E-state index is 13.2. The maximum Gasteiger partial charge on any atom is 0.227 e. The lowest BCUT2D eigenvalue weighted by Gasteiger charge is -2.32. The van der Waals surface area contributed by atoms with E-state index < -0.39 is 5.82 Å². The van der Waals surface area contributed by atoms with Gasteiger partial charge >= 0.3 is 0 Å². The zero-order chi connectivity index (χ0) is 13.1. The van der Waals surface area contributed by atoms with Gasteiger partial charge in [0.05, 0.1) is 6.42 Å². The minimum Gasteiger partial charge on any atom is -0.340 e. The van der Waals surface area contributed by atoms with Gasteiger partial charge in [0, 0.05) is 30.7 Å². The van der Waals surface area contributed by atoms with Gasteiger partial charge < -0.3 is 10.2 Å². The summed E-state index contributed by atoms with van der Waals surface area (Å²) in [6.45, 7) is 4.24. The summed E-state index contributed by atoms with van der Waals surface area (Å²) in [4.78, 5) is 13.9. The van der Waals surface area contributed by atoms with Crippen LogP contribution in [0.5, 0.6) is 0 Å². The van der Waals surface area contributed by atoms with Crippen LogP contribution in [-0.4, -0.2) is 36.5 Å². The Bertz CT molecular complexity index is 432. The second kappa shape index (κ2) is 5.67. The quantitative estimate of drug-likeness (QED) is 0.889. The average Bonchev–Trinajstić information content (AvgIpc) is 2.27. The van der Waals surface area contributed by atoms with Gasteiger partial charge in [-0.3, -0.25) is 4.79 Å². The first kappa shape index (κ1) is 13.3. The number of amides is 1. The van der Waals surface area contributed by atoms with E-state index in [0.29, 0.717) is 29.7 Å². The molecule has 1 aromatic carbocycles. The third-order valence-electron chi connectivity index (χ3n) is 3.00. The number of hydrogen-bond donors (Lipinski definition) is 1. The number of hydrogen-bond acceptors (Lipinski definition) is 2. The largest absolute Gasteiger partial charge is 0.340 e. The minimum atomic E-state index is -0.404. The minimum absolute atomic E-state index is 0.0185. The average molecular weight is 271 g/mol. The van der Waals surface area contributed by atoms with Crippen LogP contribution in [0.3, 0.4) is 0 Å². The number of piperazine rings is 1. The van der Waals surface area contributed by atoms with Gasteiger partial charge in [0.1, 0.15) is 5.82 Å². The van der Waals surface area contributed by atoms with E-state index in [1.807, 2.05) is 6.92 Å². The fraction of sp³-hybridized carbons (Fsp3) is 0.462. The van der Waals surface area contributed by atoms with Gasteiger partial charge in [0.15, 0.2) is 0 Å². The van der Waals surface area contributed by atoms with Crippen molar-refractivity contribution in [3.8, 4) is 0 Å². The van der Waals surface area contributed by atoms with Crippen molar-refractivity contribution in [2.24, 2.45) is 0 Å². The number of nitrogens with zero attached hydrogens (tertiary/aromatic N) is 1. The van der Waals surface area contributed by atoms with Crippen molar-refractivity contribution in [3.63, 3.8) is 0 Å². The SMILES string of the molecule is CC1CN(C(=O)Cc2cc(F)cc(Cl)c2)CCN1. The molecule has 1 aliphatic heterocycles. The molecule has 0 aliphatic carbocycles. The summed E-state index contributed by atoms with van der Waals surface area (Å²) in [6, 6.07) is 4.53. The number of carbonyl (C=O) groups is 1. The van der Waals surface area contributed by atoms with Crippen LogP contribution in [0.1, 0.15) is 12.5 Å². The van der Waals surface area contributed by atoms with E-state index in [2.05, 4.69) is 5.32 Å². The fourth-order valence-electron chi connectivity index (χ4n) is 2.16. The lowest BCUT2D eigenvalue weighted by Crippen LogP contribution is -2.51. The van der Waals surface area contributed by atoms with Crippen LogP contribution in [0.25, 0.3) is 0 Å². The van der Waals surface area contributed by atoms with Crippen LogP contribution in [0.15, 0.2) is 18.2 Å². The highest BCUT2D eigenvalue weighted by Gasteiger charge is 2.20. The second-order valence-electron chi connectivity index (χ2n) is 4.65. The summed E-state index contributed by atoms with van der Waals surface area (Å²) >= 11 is 5.77. The van der Waals surface area contributed by atoms with Gasteiger partial charge in [0.2, 0.25) is 5.91 Å². The van der Waals surface area contributed by atoms with Crippen LogP contribution < -0.4 is 5.32 Å². The maximum absolute atomic E-state index is 13.2. The molecule has 1 atom stereocenters. The molecule has 1 saturated heterocycles. The Hall–Kier alpha value is -1.13. The Morgan fingerprint density at radius 2 is 2.33 bits per heavy atom. The first-order chi connectivity index (χ1) is 8.54. The van der Waals surface area contributed by atoms with Crippen LogP contribution in [-0.2, 0) is 11.2 Å². The predicted octanol–water partition coefficient (Wildman–Crippen LogP) is 1.84. The Morgan fingerprint density at radius 1 is 1.56 bits per heavy atom. The summed E-state index contributed by atoms with van der Waals surface area (Å²) in [5.74, 6) is -0.385. The van der Waals surface area contributed by atoms with Crippen LogP contribution in [0.2, 0.25) is 5.02 Å². The highest BCUT2D eigenvalue weighted by Crippen LogP contribution is 2.15. The van der Waals surface area contributed by atoms with E-state index >= 15 is 0 Å². The molecule has 0 aromatic heterocycles. The van der Waals surface area contributed by atoms with Crippen LogP contribution in [0.4, 0.5) is 4.39 Å². The molecule has 1 unspecified atom stereocenters. The third kappa shape index (κ3) is 3.43. The van der Waals surface area contributed by atoms with E-state index in [0.717, 1.165) is 6.54 Å². The molecule has 3 nitrogen and oxygen atoms in total. The number of carbonyl (C=O) groups excluding carboxylic acids is 1. The lowest BCUT2D eigenvalue weighted by atomic mass is 10.1. The zero-order valence-electron chi connectivity index (χ0n) is 10.2. The molecule has 1 heterocycles. The highest BCUT2D eigenvalue weighted by molar-refractivity contribution is 6.30. The summed E-state index contributed by atoms with van der Waals surface area (Å²) in [7, 11) is 0. The Labute approximate surface area is 111 Å². The topological polar surface area (TPSA) is 32.3 Å². The van der Waals surface area contributed by atoms with Gasteiger partial charge in [-0.05, 0) is 30.7 Å². The van der Waals surface area contributed by atoms with Crippen molar-refractivity contribution in [1.29, 1.82) is 0 Å². The molecule has 18 heavy (non-hydrogen) atoms. The molecule has 0 bridgehead atoms. The van der Waals surface area contributed by atoms with E-state index in [-0.39, 0.29) is 12.3 Å². The molecule has 0 saturated carbocycles. The molecule has 1 fully saturated rings. The zero-order valence-corrected chi connectivity index (χ0v) is 11.0. The predicted molar refractivity (Wildman–Crippen MR) is 69.2 cm³/mol. The summed E-state index contributed by atoms with van der Waals surface area (Å²) < 4.78 is 13.2. The molecule has 0 spiro atoms. The molecule has 2 rings (SSSR count). The van der Waals surface area contributed by atoms with Gasteiger partial charge in [-0.15, -0.1) is 0 Å². The van der Waals surface area contributed by atoms with Gasteiger partial charge in [-0.1, -0.05) is 11.6 Å². The van der Waals surface area contributed by atoms with Gasteiger partial charge in [-0.2, -0.15) is 0 Å². The van der Waals surface area contributed by atoms with Crippen molar-refractivity contribution in [3.05, 3.63) is 34.6 Å². The summed E-state index contributed by atoms with van der Waals surface area (Å²) in [5.41, 5.74) is 0.621. The molecule has 1 N–H and O–H groups in total. The fourth-order valence-corrected chi connectivity index (χ4v) is 2.40. The first-order valence-corrected chi connectivity index (χ1v) is 6.38. The summed E-state index contributed by atoms with van der Waals surface area (Å²) in [6.07, 6.45) is 0.199. The number of nitrogens with one attached hydrogen (secondary N) is 1. The van der Waals surface area contributed by atoms with Crippen molar-refractivity contribution in [2.75, 3.05) is 19.6 Å². The van der Waals surface area contributed by atoms with E-state index in [1.165, 1.54) is 12.1 Å². The number of rotatable bonds is 2. The lowest BCUT2D eigenvalue weighted by molar-refractivity contribution is -0.131. The Kier molecular flexibility index (Phi) is 4.19. The van der Waals surface area contributed by atoms with Gasteiger partial charge in [-0.25, -0.2) is 4.39 Å². The van der Waals surface area contributed by atoms with E-state index in [9.17, 15) is 9.18 Å². The van der Waals surface area contributed by atoms with Gasteiger partial charge in [0.25, 0.3) is 0 Å². The Morgan fingerprint density at radius 3 is 3.00 bits per heavy atom. The normalized spacial score (nSPS) is 19.9. The molecular weight excluding hydrogens is 255 g/mol. The van der Waals surface area contributed by atoms with Crippen molar-refractivity contribution in [2.45, 2.75) is 19.4 Å². The summed E-state index contributed by atoms with van der Waals surface area (Å²) in [5, 5.41) is 3.60. The number of benzene rings is 1. The van der Waals surface area contributed by atoms with Crippen molar-refractivity contribution >= 4 is 17.5 Å². The standard InChI is InChI=1S/C13H16ClFN2O/c1-9-8-17(3-2-16-9)13(18)6-10-4-11(14)7-12(15)5-10/h4-5,7,9,16H,2-3,6,8H2,1H3. The van der Waals surface area contributed by atoms with E-state index in [4.69, 9.17) is 11.6 Å². The molecular formula is C13H16ClFN2O. The Balaban J connectivity index is 2.02. The van der Waals surface area contributed by atoms with Crippen LogP contribution >= 0.6 is 11.6 Å². The second-order valence-corrected chi connectivity index (χ2v) is 5.09. The third-order valence-corrected chi connectivity index (χ3v) is 3.22. The van der Waals surface area contributed by atoms with Crippen molar-refractivity contribution < 1.29 is 9.18 Å².